The number of ketones is 1. The quantitative estimate of drug-likeness (QED) is 0.844. The zero-order valence-corrected chi connectivity index (χ0v) is 12.8. The number of allylic oxidation sites excluding steroid dienone is 1. The fourth-order valence-corrected chi connectivity index (χ4v) is 2.49. The van der Waals surface area contributed by atoms with E-state index in [0.29, 0.717) is 11.3 Å². The highest BCUT2D eigenvalue weighted by atomic mass is 16.6. The summed E-state index contributed by atoms with van der Waals surface area (Å²) in [6, 6.07) is 3.40. The van der Waals surface area contributed by atoms with Crippen molar-refractivity contribution >= 4 is 11.8 Å². The Hall–Kier alpha value is -1.88. The molecule has 2 unspecified atom stereocenters. The number of carbonyl (C=O) groups is 2. The number of aryl methyl sites for hydroxylation is 1. The number of rotatable bonds is 2. The van der Waals surface area contributed by atoms with Crippen molar-refractivity contribution in [3.8, 4) is 0 Å². The Morgan fingerprint density at radius 2 is 2.14 bits per heavy atom. The predicted molar refractivity (Wildman–Crippen MR) is 77.8 cm³/mol. The molecule has 2 rings (SSSR count). The molecule has 1 aliphatic rings. The average Bonchev–Trinajstić information content (AvgIpc) is 2.79. The summed E-state index contributed by atoms with van der Waals surface area (Å²) < 4.78 is 7.08. The van der Waals surface area contributed by atoms with E-state index >= 15 is 0 Å². The van der Waals surface area contributed by atoms with Crippen molar-refractivity contribution in [2.75, 3.05) is 0 Å². The maximum Gasteiger partial charge on any atom is 0.355 e. The van der Waals surface area contributed by atoms with Crippen LogP contribution < -0.4 is 0 Å². The maximum absolute atomic E-state index is 12.2. The van der Waals surface area contributed by atoms with Crippen LogP contribution in [0.5, 0.6) is 0 Å². The molecule has 0 fully saturated rings. The minimum absolute atomic E-state index is 0.0311. The SMILES string of the molecule is CC1=CC(OC(=O)c2cccn2C)C(O)C(C)(C)CC1=O. The second kappa shape index (κ2) is 5.48. The molecule has 0 radical (unpaired) electrons. The molecule has 5 heteroatoms. The number of aliphatic hydroxyl groups excluding tert-OH is 1. The van der Waals surface area contributed by atoms with Gasteiger partial charge in [0.05, 0.1) is 0 Å². The van der Waals surface area contributed by atoms with Crippen LogP contribution in [0.1, 0.15) is 37.7 Å². The first-order valence-corrected chi connectivity index (χ1v) is 6.94. The Kier molecular flexibility index (Phi) is 4.05. The van der Waals surface area contributed by atoms with Gasteiger partial charge < -0.3 is 14.4 Å². The molecule has 21 heavy (non-hydrogen) atoms. The average molecular weight is 291 g/mol. The first kappa shape index (κ1) is 15.5. The van der Waals surface area contributed by atoms with Gasteiger partial charge in [0.15, 0.2) is 5.78 Å². The van der Waals surface area contributed by atoms with Crippen LogP contribution in [0.15, 0.2) is 30.0 Å². The molecule has 5 nitrogen and oxygen atoms in total. The number of ether oxygens (including phenoxy) is 1. The van der Waals surface area contributed by atoms with Crippen molar-refractivity contribution in [1.82, 2.24) is 4.57 Å². The highest BCUT2D eigenvalue weighted by molar-refractivity contribution is 5.96. The summed E-state index contributed by atoms with van der Waals surface area (Å²) in [4.78, 5) is 24.1. The molecule has 0 aromatic carbocycles. The number of esters is 1. The van der Waals surface area contributed by atoms with E-state index in [1.54, 1.807) is 56.8 Å². The van der Waals surface area contributed by atoms with E-state index in [0.717, 1.165) is 0 Å². The van der Waals surface area contributed by atoms with Gasteiger partial charge in [0.2, 0.25) is 0 Å². The van der Waals surface area contributed by atoms with Crippen LogP contribution >= 0.6 is 0 Å². The molecule has 0 amide bonds. The van der Waals surface area contributed by atoms with E-state index in [1.165, 1.54) is 0 Å². The van der Waals surface area contributed by atoms with E-state index in [2.05, 4.69) is 0 Å². The van der Waals surface area contributed by atoms with Gasteiger partial charge in [0.1, 0.15) is 17.9 Å². The number of aromatic nitrogens is 1. The van der Waals surface area contributed by atoms with Gasteiger partial charge in [-0.2, -0.15) is 0 Å². The van der Waals surface area contributed by atoms with Crippen molar-refractivity contribution in [2.45, 2.75) is 39.4 Å². The molecule has 1 heterocycles. The Bertz CT molecular complexity index is 597. The summed E-state index contributed by atoms with van der Waals surface area (Å²) >= 11 is 0. The molecule has 0 bridgehead atoms. The van der Waals surface area contributed by atoms with Crippen molar-refractivity contribution in [3.05, 3.63) is 35.7 Å². The van der Waals surface area contributed by atoms with Gasteiger partial charge in [-0.1, -0.05) is 13.8 Å². The summed E-state index contributed by atoms with van der Waals surface area (Å²) in [5, 5.41) is 10.4. The van der Waals surface area contributed by atoms with Crippen LogP contribution in [0.25, 0.3) is 0 Å². The van der Waals surface area contributed by atoms with Crippen molar-refractivity contribution in [2.24, 2.45) is 12.5 Å². The molecule has 1 aromatic heterocycles. The standard InChI is InChI=1S/C16H21NO4/c1-10-8-13(14(19)16(2,3)9-12(10)18)21-15(20)11-6-5-7-17(11)4/h5-8,13-14,19H,9H2,1-4H3. The predicted octanol–water partition coefficient (Wildman–Crippen LogP) is 1.86. The summed E-state index contributed by atoms with van der Waals surface area (Å²) in [5.74, 6) is -0.544. The minimum atomic E-state index is -0.928. The Balaban J connectivity index is 2.26. The van der Waals surface area contributed by atoms with Crippen LogP contribution in [0, 0.1) is 5.41 Å². The molecule has 0 saturated heterocycles. The van der Waals surface area contributed by atoms with E-state index < -0.39 is 23.6 Å². The summed E-state index contributed by atoms with van der Waals surface area (Å²) in [6.07, 6.45) is 1.77. The third-order valence-electron chi connectivity index (χ3n) is 3.98. The van der Waals surface area contributed by atoms with Crippen LogP contribution in [0.2, 0.25) is 0 Å². The van der Waals surface area contributed by atoms with Crippen molar-refractivity contribution < 1.29 is 19.4 Å². The van der Waals surface area contributed by atoms with Gasteiger partial charge in [-0.3, -0.25) is 4.79 Å². The van der Waals surface area contributed by atoms with Crippen LogP contribution in [0.4, 0.5) is 0 Å². The number of nitrogens with zero attached hydrogens (tertiary/aromatic N) is 1. The van der Waals surface area contributed by atoms with E-state index in [-0.39, 0.29) is 12.2 Å². The lowest BCUT2D eigenvalue weighted by Crippen LogP contribution is -2.40. The zero-order valence-electron chi connectivity index (χ0n) is 12.8. The second-order valence-corrected chi connectivity index (χ2v) is 6.26. The smallest absolute Gasteiger partial charge is 0.355 e. The normalized spacial score (nSPS) is 25.2. The van der Waals surface area contributed by atoms with E-state index in [1.807, 2.05) is 0 Å². The van der Waals surface area contributed by atoms with Crippen molar-refractivity contribution in [1.29, 1.82) is 0 Å². The van der Waals surface area contributed by atoms with Crippen LogP contribution in [0.3, 0.4) is 0 Å². The van der Waals surface area contributed by atoms with Crippen LogP contribution in [-0.4, -0.2) is 33.6 Å². The fourth-order valence-electron chi connectivity index (χ4n) is 2.49. The molecule has 1 aromatic rings. The largest absolute Gasteiger partial charge is 0.451 e. The number of Topliss-reactive ketones (excluding diaryl/α,β-unsaturated/α-hetero) is 1. The Labute approximate surface area is 124 Å². The molecule has 2 atom stereocenters. The third kappa shape index (κ3) is 3.08. The van der Waals surface area contributed by atoms with Gasteiger partial charge >= 0.3 is 5.97 Å². The maximum atomic E-state index is 12.2. The molecule has 114 valence electrons. The van der Waals surface area contributed by atoms with E-state index in [4.69, 9.17) is 4.74 Å². The van der Waals surface area contributed by atoms with Gasteiger partial charge in [0, 0.05) is 25.1 Å². The lowest BCUT2D eigenvalue weighted by molar-refractivity contribution is -0.119. The molecular formula is C16H21NO4. The highest BCUT2D eigenvalue weighted by Crippen LogP contribution is 2.33. The lowest BCUT2D eigenvalue weighted by Gasteiger charge is -2.32. The number of hydrogen-bond acceptors (Lipinski definition) is 4. The summed E-state index contributed by atoms with van der Waals surface area (Å²) in [7, 11) is 1.74. The van der Waals surface area contributed by atoms with Gasteiger partial charge in [-0.15, -0.1) is 0 Å². The Morgan fingerprint density at radius 3 is 2.71 bits per heavy atom. The number of hydrogen-bond donors (Lipinski definition) is 1. The lowest BCUT2D eigenvalue weighted by atomic mass is 9.80. The second-order valence-electron chi connectivity index (χ2n) is 6.26. The molecular weight excluding hydrogens is 270 g/mol. The van der Waals surface area contributed by atoms with Gasteiger partial charge in [-0.05, 0) is 30.7 Å². The van der Waals surface area contributed by atoms with Gasteiger partial charge in [0.25, 0.3) is 0 Å². The third-order valence-corrected chi connectivity index (χ3v) is 3.98. The first-order chi connectivity index (χ1) is 9.72. The molecule has 0 aliphatic heterocycles. The fraction of sp³-hybridized carbons (Fsp3) is 0.500. The Morgan fingerprint density at radius 1 is 1.48 bits per heavy atom. The molecule has 0 spiro atoms. The minimum Gasteiger partial charge on any atom is -0.451 e. The monoisotopic (exact) mass is 291 g/mol. The zero-order chi connectivity index (χ0) is 15.8. The van der Waals surface area contributed by atoms with Crippen molar-refractivity contribution in [3.63, 3.8) is 0 Å². The molecule has 1 N–H and O–H groups in total. The number of aliphatic hydroxyl groups is 1. The first-order valence-electron chi connectivity index (χ1n) is 6.94. The van der Waals surface area contributed by atoms with Crippen LogP contribution in [-0.2, 0) is 16.6 Å². The molecule has 0 saturated carbocycles. The highest BCUT2D eigenvalue weighted by Gasteiger charge is 2.40. The number of carbonyl (C=O) groups excluding carboxylic acids is 2. The topological polar surface area (TPSA) is 68.5 Å². The molecule has 1 aliphatic carbocycles. The summed E-state index contributed by atoms with van der Waals surface area (Å²) in [5.41, 5.74) is 0.274. The van der Waals surface area contributed by atoms with Gasteiger partial charge in [-0.25, -0.2) is 4.79 Å². The van der Waals surface area contributed by atoms with E-state index in [9.17, 15) is 14.7 Å². The summed E-state index contributed by atoms with van der Waals surface area (Å²) in [6.45, 7) is 5.27.